The third-order valence-corrected chi connectivity index (χ3v) is 4.00. The summed E-state index contributed by atoms with van der Waals surface area (Å²) >= 11 is 0. The van der Waals surface area contributed by atoms with E-state index in [1.165, 1.54) is 5.69 Å². The lowest BCUT2D eigenvalue weighted by molar-refractivity contribution is 0.201. The normalized spacial score (nSPS) is 18.2. The fraction of sp³-hybridized carbons (Fsp3) is 0.625. The number of nitrogens with one attached hydrogen (secondary N) is 1. The van der Waals surface area contributed by atoms with Crippen molar-refractivity contribution in [2.24, 2.45) is 0 Å². The van der Waals surface area contributed by atoms with E-state index >= 15 is 0 Å². The fourth-order valence-electron chi connectivity index (χ4n) is 2.75. The maximum atomic E-state index is 9.29. The van der Waals surface area contributed by atoms with Gasteiger partial charge >= 0.3 is 0 Å². The minimum atomic E-state index is 0.234. The Morgan fingerprint density at radius 1 is 1.15 bits per heavy atom. The largest absolute Gasteiger partial charge is 0.395 e. The number of hydrogen-bond acceptors (Lipinski definition) is 4. The zero-order valence-electron chi connectivity index (χ0n) is 12.5. The van der Waals surface area contributed by atoms with Gasteiger partial charge in [0.25, 0.3) is 0 Å². The van der Waals surface area contributed by atoms with Gasteiger partial charge in [-0.25, -0.2) is 0 Å². The maximum absolute atomic E-state index is 9.29. The van der Waals surface area contributed by atoms with Crippen molar-refractivity contribution >= 4 is 5.69 Å². The first-order chi connectivity index (χ1) is 9.83. The summed E-state index contributed by atoms with van der Waals surface area (Å²) in [6, 6.07) is 10.9. The summed E-state index contributed by atoms with van der Waals surface area (Å²) < 4.78 is 0. The Morgan fingerprint density at radius 3 is 2.45 bits per heavy atom. The van der Waals surface area contributed by atoms with E-state index in [9.17, 15) is 5.11 Å². The average Bonchev–Trinajstić information content (AvgIpc) is 2.53. The molecule has 0 amide bonds. The Morgan fingerprint density at radius 2 is 1.85 bits per heavy atom. The molecule has 2 rings (SSSR count). The van der Waals surface area contributed by atoms with Gasteiger partial charge in [0.05, 0.1) is 6.61 Å². The zero-order chi connectivity index (χ0) is 14.2. The molecule has 1 fully saturated rings. The summed E-state index contributed by atoms with van der Waals surface area (Å²) in [6.07, 6.45) is 1.02. The van der Waals surface area contributed by atoms with Crippen LogP contribution >= 0.6 is 0 Å². The quantitative estimate of drug-likeness (QED) is 0.785. The molecule has 1 heterocycles. The maximum Gasteiger partial charge on any atom is 0.0585 e. The second-order valence-corrected chi connectivity index (χ2v) is 5.39. The van der Waals surface area contributed by atoms with Gasteiger partial charge in [-0.2, -0.15) is 0 Å². The molecule has 1 unspecified atom stereocenters. The van der Waals surface area contributed by atoms with Crippen LogP contribution in [-0.2, 0) is 0 Å². The summed E-state index contributed by atoms with van der Waals surface area (Å²) in [5.41, 5.74) is 1.33. The van der Waals surface area contributed by atoms with Crippen LogP contribution in [0.4, 0.5) is 5.69 Å². The van der Waals surface area contributed by atoms with Gasteiger partial charge < -0.3 is 15.3 Å². The lowest BCUT2D eigenvalue weighted by atomic mass is 10.2. The van der Waals surface area contributed by atoms with Crippen molar-refractivity contribution < 1.29 is 5.11 Å². The average molecular weight is 277 g/mol. The molecule has 4 heteroatoms. The van der Waals surface area contributed by atoms with Crippen LogP contribution < -0.4 is 10.2 Å². The van der Waals surface area contributed by atoms with E-state index < -0.39 is 0 Å². The molecule has 0 spiro atoms. The highest BCUT2D eigenvalue weighted by atomic mass is 16.3. The topological polar surface area (TPSA) is 38.7 Å². The smallest absolute Gasteiger partial charge is 0.0585 e. The molecule has 1 aromatic carbocycles. The van der Waals surface area contributed by atoms with Crippen molar-refractivity contribution in [1.82, 2.24) is 10.2 Å². The number of aliphatic hydroxyl groups is 1. The Labute approximate surface area is 122 Å². The van der Waals surface area contributed by atoms with Gasteiger partial charge in [-0.3, -0.25) is 4.90 Å². The van der Waals surface area contributed by atoms with Crippen molar-refractivity contribution in [3.63, 3.8) is 0 Å². The molecule has 1 atom stereocenters. The summed E-state index contributed by atoms with van der Waals surface area (Å²) in [7, 11) is 0. The lowest BCUT2D eigenvalue weighted by Crippen LogP contribution is -2.47. The van der Waals surface area contributed by atoms with Gasteiger partial charge in [-0.1, -0.05) is 25.1 Å². The Bertz CT molecular complexity index is 363. The van der Waals surface area contributed by atoms with Crippen molar-refractivity contribution in [2.75, 3.05) is 50.8 Å². The van der Waals surface area contributed by atoms with Gasteiger partial charge in [-0.15, -0.1) is 0 Å². The zero-order valence-corrected chi connectivity index (χ0v) is 12.5. The Hall–Kier alpha value is -1.10. The third kappa shape index (κ3) is 4.47. The van der Waals surface area contributed by atoms with Crippen LogP contribution in [0.25, 0.3) is 0 Å². The monoisotopic (exact) mass is 277 g/mol. The summed E-state index contributed by atoms with van der Waals surface area (Å²) in [5.74, 6) is 0. The number of rotatable bonds is 7. The van der Waals surface area contributed by atoms with Gasteiger partial charge in [0, 0.05) is 37.9 Å². The lowest BCUT2D eigenvalue weighted by Gasteiger charge is -2.36. The highest BCUT2D eigenvalue weighted by Gasteiger charge is 2.17. The molecule has 0 aromatic heterocycles. The van der Waals surface area contributed by atoms with Gasteiger partial charge in [0.2, 0.25) is 0 Å². The van der Waals surface area contributed by atoms with Crippen LogP contribution in [0.15, 0.2) is 30.3 Å². The van der Waals surface area contributed by atoms with E-state index in [4.69, 9.17) is 0 Å². The predicted octanol–water partition coefficient (Wildman–Crippen LogP) is 1.17. The van der Waals surface area contributed by atoms with Gasteiger partial charge in [0.15, 0.2) is 0 Å². The number of likely N-dealkylation sites (N-methyl/N-ethyl adjacent to an activating group) is 1. The van der Waals surface area contributed by atoms with Crippen molar-refractivity contribution in [3.8, 4) is 0 Å². The minimum Gasteiger partial charge on any atom is -0.395 e. The number of aliphatic hydroxyl groups excluding tert-OH is 1. The molecule has 1 aliphatic heterocycles. The van der Waals surface area contributed by atoms with Crippen LogP contribution in [-0.4, -0.2) is 61.9 Å². The van der Waals surface area contributed by atoms with Crippen molar-refractivity contribution in [3.05, 3.63) is 30.3 Å². The van der Waals surface area contributed by atoms with Crippen LogP contribution in [0.3, 0.4) is 0 Å². The number of nitrogens with zero attached hydrogens (tertiary/aromatic N) is 2. The molecule has 1 saturated heterocycles. The SMILES string of the molecule is CCNC(CO)CCN1CCN(c2ccccc2)CC1. The number of hydrogen-bond donors (Lipinski definition) is 2. The van der Waals surface area contributed by atoms with Crippen LogP contribution in [0.5, 0.6) is 0 Å². The fourth-order valence-corrected chi connectivity index (χ4v) is 2.75. The van der Waals surface area contributed by atoms with Crippen molar-refractivity contribution in [1.29, 1.82) is 0 Å². The van der Waals surface area contributed by atoms with Gasteiger partial charge in [0.1, 0.15) is 0 Å². The molecule has 1 aromatic rings. The molecule has 0 bridgehead atoms. The second kappa shape index (κ2) is 8.25. The molecular formula is C16H27N3O. The Kier molecular flexibility index (Phi) is 6.30. The number of piperazine rings is 1. The standard InChI is InChI=1S/C16H27N3O/c1-2-17-15(14-20)8-9-18-10-12-19(13-11-18)16-6-4-3-5-7-16/h3-7,15,17,20H,2,8-14H2,1H3. The van der Waals surface area contributed by atoms with E-state index in [2.05, 4.69) is 52.4 Å². The predicted molar refractivity (Wildman–Crippen MR) is 84.3 cm³/mol. The highest BCUT2D eigenvalue weighted by Crippen LogP contribution is 2.15. The number of anilines is 1. The summed E-state index contributed by atoms with van der Waals surface area (Å²) in [5, 5.41) is 12.6. The van der Waals surface area contributed by atoms with E-state index in [1.807, 2.05) is 0 Å². The summed E-state index contributed by atoms with van der Waals surface area (Å²) in [4.78, 5) is 4.95. The van der Waals surface area contributed by atoms with E-state index in [0.717, 1.165) is 45.7 Å². The van der Waals surface area contributed by atoms with E-state index in [0.29, 0.717) is 0 Å². The molecule has 2 N–H and O–H groups in total. The molecule has 0 saturated carbocycles. The first-order valence-electron chi connectivity index (χ1n) is 7.70. The molecule has 0 aliphatic carbocycles. The van der Waals surface area contributed by atoms with Crippen LogP contribution in [0.2, 0.25) is 0 Å². The minimum absolute atomic E-state index is 0.234. The van der Waals surface area contributed by atoms with Crippen LogP contribution in [0, 0.1) is 0 Å². The first kappa shape index (κ1) is 15.3. The van der Waals surface area contributed by atoms with Crippen LogP contribution in [0.1, 0.15) is 13.3 Å². The van der Waals surface area contributed by atoms with Gasteiger partial charge in [-0.05, 0) is 31.6 Å². The van der Waals surface area contributed by atoms with E-state index in [-0.39, 0.29) is 12.6 Å². The van der Waals surface area contributed by atoms with Crippen molar-refractivity contribution in [2.45, 2.75) is 19.4 Å². The molecule has 112 valence electrons. The molecule has 4 nitrogen and oxygen atoms in total. The highest BCUT2D eigenvalue weighted by molar-refractivity contribution is 5.46. The summed E-state index contributed by atoms with van der Waals surface area (Å²) in [6.45, 7) is 8.72. The Balaban J connectivity index is 1.72. The first-order valence-corrected chi connectivity index (χ1v) is 7.70. The molecular weight excluding hydrogens is 250 g/mol. The molecule has 20 heavy (non-hydrogen) atoms. The van der Waals surface area contributed by atoms with E-state index in [1.54, 1.807) is 0 Å². The third-order valence-electron chi connectivity index (χ3n) is 4.00. The number of para-hydroxylation sites is 1. The molecule has 1 aliphatic rings. The number of benzene rings is 1. The second-order valence-electron chi connectivity index (χ2n) is 5.39. The molecule has 0 radical (unpaired) electrons.